The van der Waals surface area contributed by atoms with E-state index in [0.29, 0.717) is 10.9 Å². The quantitative estimate of drug-likeness (QED) is 0.711. The van der Waals surface area contributed by atoms with Crippen LogP contribution in [0, 0.1) is 18.3 Å². The lowest BCUT2D eigenvalue weighted by molar-refractivity contribution is 0.786. The van der Waals surface area contributed by atoms with Crippen molar-refractivity contribution < 1.29 is 0 Å². The second-order valence-corrected chi connectivity index (χ2v) is 6.35. The summed E-state index contributed by atoms with van der Waals surface area (Å²) in [6.07, 6.45) is 1.34. The van der Waals surface area contributed by atoms with Crippen molar-refractivity contribution in [1.82, 2.24) is 19.6 Å². The molecule has 0 aliphatic heterocycles. The zero-order valence-corrected chi connectivity index (χ0v) is 13.9. The van der Waals surface area contributed by atoms with Gasteiger partial charge in [0.25, 0.3) is 0 Å². The van der Waals surface area contributed by atoms with Gasteiger partial charge >= 0.3 is 5.69 Å². The molecule has 3 rings (SSSR count). The van der Waals surface area contributed by atoms with Crippen molar-refractivity contribution in [2.45, 2.75) is 17.8 Å². The third-order valence-corrected chi connectivity index (χ3v) is 5.17. The first-order chi connectivity index (χ1) is 10.6. The molecular formula is C14H10BrN5OS. The molecule has 0 saturated heterocycles. The number of fused-ring (bicyclic) bond motifs is 1. The van der Waals surface area contributed by atoms with E-state index in [0.717, 1.165) is 20.1 Å². The summed E-state index contributed by atoms with van der Waals surface area (Å²) in [5.41, 5.74) is 2.41. The van der Waals surface area contributed by atoms with Crippen molar-refractivity contribution in [3.63, 3.8) is 0 Å². The molecule has 0 fully saturated rings. The van der Waals surface area contributed by atoms with E-state index in [4.69, 9.17) is 5.26 Å². The highest BCUT2D eigenvalue weighted by Crippen LogP contribution is 2.27. The molecule has 0 atom stereocenters. The Balaban J connectivity index is 1.93. The molecule has 2 aromatic heterocycles. The molecule has 6 nitrogen and oxygen atoms in total. The molecule has 0 bridgehead atoms. The first-order valence-electron chi connectivity index (χ1n) is 6.35. The monoisotopic (exact) mass is 375 g/mol. The highest BCUT2D eigenvalue weighted by atomic mass is 79.9. The predicted octanol–water partition coefficient (Wildman–Crippen LogP) is 2.65. The predicted molar refractivity (Wildman–Crippen MR) is 86.8 cm³/mol. The molecule has 110 valence electrons. The Labute approximate surface area is 138 Å². The zero-order chi connectivity index (χ0) is 15.7. The second-order valence-electron chi connectivity index (χ2n) is 4.59. The Morgan fingerprint density at radius 3 is 3.09 bits per heavy atom. The maximum absolute atomic E-state index is 11.9. The van der Waals surface area contributed by atoms with Crippen molar-refractivity contribution >= 4 is 33.3 Å². The van der Waals surface area contributed by atoms with Gasteiger partial charge in [0.15, 0.2) is 10.8 Å². The molecule has 2 heterocycles. The summed E-state index contributed by atoms with van der Waals surface area (Å²) in [5, 5.41) is 13.3. The number of hydrogen-bond acceptors (Lipinski definition) is 5. The van der Waals surface area contributed by atoms with Gasteiger partial charge in [-0.2, -0.15) is 14.9 Å². The van der Waals surface area contributed by atoms with Crippen LogP contribution in [0.1, 0.15) is 16.7 Å². The number of nitriles is 1. The van der Waals surface area contributed by atoms with Crippen LogP contribution in [0.15, 0.2) is 38.8 Å². The van der Waals surface area contributed by atoms with Crippen LogP contribution in [0.5, 0.6) is 0 Å². The molecule has 0 amide bonds. The Bertz CT molecular complexity index is 956. The summed E-state index contributed by atoms with van der Waals surface area (Å²) in [4.78, 5) is 18.9. The Kier molecular flexibility index (Phi) is 4.00. The number of hydrogen-bond donors (Lipinski definition) is 1. The number of rotatable bonds is 3. The summed E-state index contributed by atoms with van der Waals surface area (Å²) in [5.74, 6) is 0.650. The minimum atomic E-state index is -0.405. The van der Waals surface area contributed by atoms with E-state index in [2.05, 4.69) is 31.0 Å². The number of aromatic amines is 1. The highest BCUT2D eigenvalue weighted by molar-refractivity contribution is 9.10. The van der Waals surface area contributed by atoms with Crippen LogP contribution in [0.2, 0.25) is 0 Å². The van der Waals surface area contributed by atoms with Crippen LogP contribution >= 0.6 is 27.7 Å². The van der Waals surface area contributed by atoms with Gasteiger partial charge in [-0.05, 0) is 18.1 Å². The smallest absolute Gasteiger partial charge is 0.285 e. The first-order valence-corrected chi connectivity index (χ1v) is 8.13. The number of thioether (sulfide) groups is 1. The number of halogens is 1. The highest BCUT2D eigenvalue weighted by Gasteiger charge is 2.11. The van der Waals surface area contributed by atoms with E-state index >= 15 is 0 Å². The summed E-state index contributed by atoms with van der Waals surface area (Å²) < 4.78 is 2.14. The Morgan fingerprint density at radius 2 is 2.32 bits per heavy atom. The maximum atomic E-state index is 11.9. The zero-order valence-electron chi connectivity index (χ0n) is 11.5. The Morgan fingerprint density at radius 1 is 1.50 bits per heavy atom. The fraction of sp³-hybridized carbons (Fsp3) is 0.143. The lowest BCUT2D eigenvalue weighted by atomic mass is 10.2. The number of aromatic nitrogens is 4. The first kappa shape index (κ1) is 14.8. The molecular weight excluding hydrogens is 366 g/mol. The largest absolute Gasteiger partial charge is 0.350 e. The van der Waals surface area contributed by atoms with Crippen LogP contribution in [-0.2, 0) is 5.75 Å². The van der Waals surface area contributed by atoms with Gasteiger partial charge in [0, 0.05) is 10.2 Å². The van der Waals surface area contributed by atoms with Crippen LogP contribution in [0.25, 0.3) is 5.65 Å². The van der Waals surface area contributed by atoms with Gasteiger partial charge in [-0.15, -0.1) is 0 Å². The van der Waals surface area contributed by atoms with Gasteiger partial charge in [0.05, 0.1) is 6.20 Å². The number of aryl methyl sites for hydroxylation is 1. The van der Waals surface area contributed by atoms with E-state index in [1.165, 1.54) is 18.0 Å². The van der Waals surface area contributed by atoms with Gasteiger partial charge in [-0.25, -0.2) is 9.78 Å². The number of nitrogens with zero attached hydrogens (tertiary/aromatic N) is 4. The molecule has 1 N–H and O–H groups in total. The van der Waals surface area contributed by atoms with Gasteiger partial charge in [-0.3, -0.25) is 4.98 Å². The summed E-state index contributed by atoms with van der Waals surface area (Å²) in [6.45, 7) is 2.02. The van der Waals surface area contributed by atoms with Crippen LogP contribution in [-0.4, -0.2) is 19.6 Å². The minimum absolute atomic E-state index is 0.275. The van der Waals surface area contributed by atoms with Crippen molar-refractivity contribution in [3.05, 3.63) is 56.0 Å². The normalized spacial score (nSPS) is 10.8. The molecule has 0 aliphatic rings. The summed E-state index contributed by atoms with van der Waals surface area (Å²) >= 11 is 4.96. The van der Waals surface area contributed by atoms with Crippen molar-refractivity contribution in [2.75, 3.05) is 0 Å². The van der Waals surface area contributed by atoms with Gasteiger partial charge in [0.1, 0.15) is 11.6 Å². The molecule has 0 unspecified atom stereocenters. The standard InChI is InChI=1S/C14H10BrN5OS/c1-8-3-2-4-9(11(8)15)7-22-13-18-12-10(5-16)6-17-20(12)14(21)19-13/h2-4,6H,7H2,1H3,(H,18,19,21). The van der Waals surface area contributed by atoms with E-state index < -0.39 is 5.69 Å². The number of nitrogens with one attached hydrogen (secondary N) is 1. The third kappa shape index (κ3) is 2.65. The molecule has 0 saturated carbocycles. The van der Waals surface area contributed by atoms with Gasteiger partial charge < -0.3 is 0 Å². The van der Waals surface area contributed by atoms with Gasteiger partial charge in [0.2, 0.25) is 0 Å². The van der Waals surface area contributed by atoms with E-state index in [1.807, 2.05) is 31.2 Å². The number of H-pyrrole nitrogens is 1. The lowest BCUT2D eigenvalue weighted by Gasteiger charge is -2.06. The number of benzene rings is 1. The average molecular weight is 376 g/mol. The van der Waals surface area contributed by atoms with Crippen molar-refractivity contribution in [1.29, 1.82) is 5.26 Å². The molecule has 3 aromatic rings. The van der Waals surface area contributed by atoms with Crippen LogP contribution in [0.3, 0.4) is 0 Å². The van der Waals surface area contributed by atoms with Crippen molar-refractivity contribution in [3.8, 4) is 6.07 Å². The fourth-order valence-electron chi connectivity index (χ4n) is 1.98. The average Bonchev–Trinajstić information content (AvgIpc) is 2.92. The molecule has 0 aliphatic carbocycles. The topological polar surface area (TPSA) is 86.8 Å². The fourth-order valence-corrected chi connectivity index (χ4v) is 3.41. The molecule has 0 radical (unpaired) electrons. The minimum Gasteiger partial charge on any atom is -0.285 e. The maximum Gasteiger partial charge on any atom is 0.350 e. The molecule has 0 spiro atoms. The molecule has 8 heteroatoms. The Hall–Kier alpha value is -2.11. The molecule has 1 aromatic carbocycles. The van der Waals surface area contributed by atoms with Crippen LogP contribution < -0.4 is 5.69 Å². The summed E-state index contributed by atoms with van der Waals surface area (Å²) in [7, 11) is 0. The second kappa shape index (κ2) is 5.94. The van der Waals surface area contributed by atoms with Crippen molar-refractivity contribution in [2.24, 2.45) is 0 Å². The summed E-state index contributed by atoms with van der Waals surface area (Å²) in [6, 6.07) is 8.00. The lowest BCUT2D eigenvalue weighted by Crippen LogP contribution is -2.19. The molecule has 22 heavy (non-hydrogen) atoms. The SMILES string of the molecule is Cc1cccc(CSc2nc3c(C#N)cnn3c(=O)[nH]2)c1Br. The van der Waals surface area contributed by atoms with Gasteiger partial charge in [-0.1, -0.05) is 45.9 Å². The van der Waals surface area contributed by atoms with E-state index in [1.54, 1.807) is 0 Å². The van der Waals surface area contributed by atoms with Crippen LogP contribution in [0.4, 0.5) is 0 Å². The third-order valence-electron chi connectivity index (χ3n) is 3.11. The van der Waals surface area contributed by atoms with E-state index in [9.17, 15) is 4.79 Å². The van der Waals surface area contributed by atoms with E-state index in [-0.39, 0.29) is 11.2 Å².